The largest absolute Gasteiger partial charge is 0.303 e. The van der Waals surface area contributed by atoms with Crippen LogP contribution in [-0.4, -0.2) is 6.29 Å². The molecule has 0 radical (unpaired) electrons. The minimum absolute atomic E-state index is 0.724. The Hall–Kier alpha value is -0.330. The Bertz CT molecular complexity index is 223. The van der Waals surface area contributed by atoms with Crippen LogP contribution in [0.1, 0.15) is 64.7 Å². The summed E-state index contributed by atoms with van der Waals surface area (Å²) in [5.74, 6) is 3.72. The van der Waals surface area contributed by atoms with Crippen LogP contribution in [0, 0.1) is 23.7 Å². The molecular formula is C15H26O. The molecule has 2 aliphatic rings. The highest BCUT2D eigenvalue weighted by Gasteiger charge is 2.34. The van der Waals surface area contributed by atoms with Crippen molar-refractivity contribution in [2.75, 3.05) is 0 Å². The summed E-state index contributed by atoms with van der Waals surface area (Å²) >= 11 is 0. The summed E-state index contributed by atoms with van der Waals surface area (Å²) in [6.07, 6.45) is 13.2. The molecule has 4 unspecified atom stereocenters. The van der Waals surface area contributed by atoms with Gasteiger partial charge >= 0.3 is 0 Å². The smallest absolute Gasteiger partial charge is 0.120 e. The number of rotatable bonds is 4. The number of hydrogen-bond donors (Lipinski definition) is 0. The minimum atomic E-state index is 0.724. The highest BCUT2D eigenvalue weighted by atomic mass is 16.1. The predicted octanol–water partition coefficient (Wildman–Crippen LogP) is 4.21. The van der Waals surface area contributed by atoms with E-state index < -0.39 is 0 Å². The van der Waals surface area contributed by atoms with Gasteiger partial charge in [-0.05, 0) is 55.8 Å². The lowest BCUT2D eigenvalue weighted by atomic mass is 9.64. The van der Waals surface area contributed by atoms with E-state index in [0.717, 1.165) is 36.4 Å². The van der Waals surface area contributed by atoms with Crippen LogP contribution in [0.15, 0.2) is 0 Å². The monoisotopic (exact) mass is 222 g/mol. The Labute approximate surface area is 100.0 Å². The second-order valence-corrected chi connectivity index (χ2v) is 6.07. The topological polar surface area (TPSA) is 17.1 Å². The van der Waals surface area contributed by atoms with Crippen LogP contribution in [0.3, 0.4) is 0 Å². The Morgan fingerprint density at radius 3 is 2.25 bits per heavy atom. The van der Waals surface area contributed by atoms with E-state index in [1.807, 2.05) is 0 Å². The fraction of sp³-hybridized carbons (Fsp3) is 0.933. The molecular weight excluding hydrogens is 196 g/mol. The molecule has 0 heterocycles. The lowest BCUT2D eigenvalue weighted by Gasteiger charge is -2.42. The first-order chi connectivity index (χ1) is 7.83. The molecule has 0 amide bonds. The van der Waals surface area contributed by atoms with Crippen molar-refractivity contribution in [3.8, 4) is 0 Å². The second-order valence-electron chi connectivity index (χ2n) is 6.07. The summed E-state index contributed by atoms with van der Waals surface area (Å²) in [5, 5.41) is 0. The van der Waals surface area contributed by atoms with Crippen LogP contribution in [0.5, 0.6) is 0 Å². The van der Waals surface area contributed by atoms with Crippen molar-refractivity contribution in [2.24, 2.45) is 23.7 Å². The van der Waals surface area contributed by atoms with E-state index in [9.17, 15) is 4.79 Å². The van der Waals surface area contributed by atoms with Crippen LogP contribution < -0.4 is 0 Å². The summed E-state index contributed by atoms with van der Waals surface area (Å²) in [4.78, 5) is 10.6. The Balaban J connectivity index is 1.82. The molecule has 0 bridgehead atoms. The summed E-state index contributed by atoms with van der Waals surface area (Å²) in [5.41, 5.74) is 0. The van der Waals surface area contributed by atoms with E-state index in [-0.39, 0.29) is 0 Å². The molecule has 4 atom stereocenters. The molecule has 0 aromatic heterocycles. The zero-order valence-electron chi connectivity index (χ0n) is 10.7. The van der Waals surface area contributed by atoms with Crippen LogP contribution >= 0.6 is 0 Å². The van der Waals surface area contributed by atoms with Gasteiger partial charge in [0, 0.05) is 6.42 Å². The summed E-state index contributed by atoms with van der Waals surface area (Å²) in [6.45, 7) is 2.31. The first kappa shape index (κ1) is 12.1. The van der Waals surface area contributed by atoms with Gasteiger partial charge < -0.3 is 4.79 Å². The molecule has 0 spiro atoms. The lowest BCUT2D eigenvalue weighted by Crippen LogP contribution is -2.31. The molecule has 92 valence electrons. The zero-order chi connectivity index (χ0) is 11.4. The molecule has 2 rings (SSSR count). The number of hydrogen-bond acceptors (Lipinski definition) is 1. The molecule has 0 saturated heterocycles. The van der Waals surface area contributed by atoms with E-state index in [1.165, 1.54) is 51.4 Å². The quantitative estimate of drug-likeness (QED) is 0.651. The van der Waals surface area contributed by atoms with Gasteiger partial charge in [0.25, 0.3) is 0 Å². The molecule has 0 N–H and O–H groups in total. The molecule has 2 fully saturated rings. The van der Waals surface area contributed by atoms with Gasteiger partial charge in [0.1, 0.15) is 6.29 Å². The maximum absolute atomic E-state index is 10.6. The van der Waals surface area contributed by atoms with E-state index in [4.69, 9.17) is 0 Å². The van der Waals surface area contributed by atoms with Crippen molar-refractivity contribution >= 4 is 6.29 Å². The number of fused-ring (bicyclic) bond motifs is 1. The second kappa shape index (κ2) is 5.84. The standard InChI is InChI=1S/C15H26O/c1-2-3-12-4-6-15-11-13(8-9-16)5-7-14(15)10-12/h9,12-15H,2-8,10-11H2,1H3. The first-order valence-electron chi connectivity index (χ1n) is 7.27. The summed E-state index contributed by atoms with van der Waals surface area (Å²) in [6, 6.07) is 0. The van der Waals surface area contributed by atoms with E-state index >= 15 is 0 Å². The molecule has 0 aliphatic heterocycles. The van der Waals surface area contributed by atoms with E-state index in [1.54, 1.807) is 0 Å². The Morgan fingerprint density at radius 1 is 1.00 bits per heavy atom. The first-order valence-corrected chi connectivity index (χ1v) is 7.27. The normalized spacial score (nSPS) is 39.1. The Morgan fingerprint density at radius 2 is 1.62 bits per heavy atom. The maximum Gasteiger partial charge on any atom is 0.120 e. The average molecular weight is 222 g/mol. The Kier molecular flexibility index (Phi) is 4.43. The van der Waals surface area contributed by atoms with Gasteiger partial charge in [-0.25, -0.2) is 0 Å². The highest BCUT2D eigenvalue weighted by molar-refractivity contribution is 5.49. The van der Waals surface area contributed by atoms with Crippen molar-refractivity contribution in [1.82, 2.24) is 0 Å². The fourth-order valence-corrected chi connectivity index (χ4v) is 4.10. The van der Waals surface area contributed by atoms with Gasteiger partial charge in [-0.3, -0.25) is 0 Å². The van der Waals surface area contributed by atoms with Gasteiger partial charge in [-0.2, -0.15) is 0 Å². The molecule has 0 aromatic carbocycles. The predicted molar refractivity (Wildman–Crippen MR) is 67.3 cm³/mol. The van der Waals surface area contributed by atoms with Crippen molar-refractivity contribution in [3.05, 3.63) is 0 Å². The van der Waals surface area contributed by atoms with Gasteiger partial charge in [0.2, 0.25) is 0 Å². The van der Waals surface area contributed by atoms with Crippen LogP contribution in [0.25, 0.3) is 0 Å². The minimum Gasteiger partial charge on any atom is -0.303 e. The van der Waals surface area contributed by atoms with Crippen LogP contribution in [0.2, 0.25) is 0 Å². The molecule has 2 aliphatic carbocycles. The molecule has 1 heteroatoms. The average Bonchev–Trinajstić information content (AvgIpc) is 2.30. The van der Waals surface area contributed by atoms with Crippen LogP contribution in [0.4, 0.5) is 0 Å². The molecule has 2 saturated carbocycles. The highest BCUT2D eigenvalue weighted by Crippen LogP contribution is 2.46. The van der Waals surface area contributed by atoms with E-state index in [2.05, 4.69) is 6.92 Å². The van der Waals surface area contributed by atoms with Crippen molar-refractivity contribution in [1.29, 1.82) is 0 Å². The third-order valence-electron chi connectivity index (χ3n) is 4.96. The number of carbonyl (C=O) groups is 1. The third kappa shape index (κ3) is 2.87. The van der Waals surface area contributed by atoms with Gasteiger partial charge in [0.15, 0.2) is 0 Å². The fourth-order valence-electron chi connectivity index (χ4n) is 4.10. The van der Waals surface area contributed by atoms with Crippen molar-refractivity contribution < 1.29 is 4.79 Å². The molecule has 16 heavy (non-hydrogen) atoms. The van der Waals surface area contributed by atoms with Gasteiger partial charge in [-0.1, -0.05) is 26.2 Å². The van der Waals surface area contributed by atoms with Gasteiger partial charge in [-0.15, -0.1) is 0 Å². The molecule has 0 aromatic rings. The molecule has 1 nitrogen and oxygen atoms in total. The van der Waals surface area contributed by atoms with Crippen LogP contribution in [-0.2, 0) is 4.79 Å². The van der Waals surface area contributed by atoms with Crippen molar-refractivity contribution in [3.63, 3.8) is 0 Å². The third-order valence-corrected chi connectivity index (χ3v) is 4.96. The van der Waals surface area contributed by atoms with Crippen molar-refractivity contribution in [2.45, 2.75) is 64.7 Å². The number of aldehydes is 1. The number of carbonyl (C=O) groups excluding carboxylic acids is 1. The summed E-state index contributed by atoms with van der Waals surface area (Å²) in [7, 11) is 0. The summed E-state index contributed by atoms with van der Waals surface area (Å²) < 4.78 is 0. The lowest BCUT2D eigenvalue weighted by molar-refractivity contribution is -0.109. The van der Waals surface area contributed by atoms with E-state index in [0.29, 0.717) is 0 Å². The van der Waals surface area contributed by atoms with Gasteiger partial charge in [0.05, 0.1) is 0 Å². The SMILES string of the molecule is CCCC1CCC2CC(CC=O)CCC2C1. The zero-order valence-corrected chi connectivity index (χ0v) is 10.7. The maximum atomic E-state index is 10.6.